The van der Waals surface area contributed by atoms with Crippen molar-refractivity contribution in [2.45, 2.75) is 33.2 Å². The lowest BCUT2D eigenvalue weighted by Crippen LogP contribution is -2.44. The molecule has 2 amide bonds. The van der Waals surface area contributed by atoms with Crippen LogP contribution in [-0.2, 0) is 19.4 Å². The van der Waals surface area contributed by atoms with Gasteiger partial charge in [0.15, 0.2) is 0 Å². The van der Waals surface area contributed by atoms with E-state index in [2.05, 4.69) is 10.6 Å². The van der Waals surface area contributed by atoms with Crippen molar-refractivity contribution in [2.24, 2.45) is 0 Å². The topological polar surface area (TPSA) is 92.3 Å². The minimum atomic E-state index is -3.21. The average Bonchev–Trinajstić information content (AvgIpc) is 2.36. The molecule has 2 N–H and O–H groups in total. The van der Waals surface area contributed by atoms with Crippen LogP contribution in [-0.4, -0.2) is 38.3 Å². The van der Waals surface area contributed by atoms with Gasteiger partial charge in [0, 0.05) is 18.9 Å². The molecular formula is C15H22N2O4S. The molecule has 0 radical (unpaired) electrons. The summed E-state index contributed by atoms with van der Waals surface area (Å²) in [5.41, 5.74) is 2.62. The van der Waals surface area contributed by atoms with Crippen molar-refractivity contribution in [3.05, 3.63) is 29.3 Å². The lowest BCUT2D eigenvalue weighted by atomic mass is 10.1. The van der Waals surface area contributed by atoms with Crippen molar-refractivity contribution in [1.29, 1.82) is 0 Å². The molecule has 1 rings (SSSR count). The Labute approximate surface area is 131 Å². The first-order valence-corrected chi connectivity index (χ1v) is 8.97. The number of benzene rings is 1. The number of hydrogen-bond acceptors (Lipinski definition) is 4. The van der Waals surface area contributed by atoms with Crippen LogP contribution in [0.25, 0.3) is 0 Å². The minimum Gasteiger partial charge on any atom is -0.345 e. The Bertz CT molecular complexity index is 668. The van der Waals surface area contributed by atoms with E-state index in [1.54, 1.807) is 6.07 Å². The van der Waals surface area contributed by atoms with Gasteiger partial charge in [-0.3, -0.25) is 9.59 Å². The number of hydrogen-bond donors (Lipinski definition) is 2. The molecule has 22 heavy (non-hydrogen) atoms. The SMILES string of the molecule is CC(=O)N[C@H](CCS(C)(=O)=O)C(=O)Nc1ccc(C)cc1C. The molecular weight excluding hydrogens is 304 g/mol. The van der Waals surface area contributed by atoms with Crippen LogP contribution in [0.4, 0.5) is 5.69 Å². The molecule has 1 atom stereocenters. The van der Waals surface area contributed by atoms with E-state index in [4.69, 9.17) is 0 Å². The summed E-state index contributed by atoms with van der Waals surface area (Å²) in [7, 11) is -3.21. The third-order valence-electron chi connectivity index (χ3n) is 3.11. The first-order valence-electron chi connectivity index (χ1n) is 6.91. The Morgan fingerprint density at radius 1 is 1.23 bits per heavy atom. The molecule has 1 aromatic rings. The van der Waals surface area contributed by atoms with E-state index in [0.717, 1.165) is 17.4 Å². The summed E-state index contributed by atoms with van der Waals surface area (Å²) < 4.78 is 22.5. The van der Waals surface area contributed by atoms with E-state index in [-0.39, 0.29) is 18.1 Å². The number of carbonyl (C=O) groups excluding carboxylic acids is 2. The maximum atomic E-state index is 12.3. The normalized spacial score (nSPS) is 12.5. The highest BCUT2D eigenvalue weighted by Gasteiger charge is 2.21. The molecule has 0 unspecified atom stereocenters. The van der Waals surface area contributed by atoms with Crippen LogP contribution >= 0.6 is 0 Å². The maximum Gasteiger partial charge on any atom is 0.246 e. The summed E-state index contributed by atoms with van der Waals surface area (Å²) in [6.45, 7) is 5.11. The molecule has 0 bridgehead atoms. The van der Waals surface area contributed by atoms with Gasteiger partial charge in [-0.15, -0.1) is 0 Å². The Morgan fingerprint density at radius 3 is 2.36 bits per heavy atom. The van der Waals surface area contributed by atoms with Crippen LogP contribution < -0.4 is 10.6 Å². The summed E-state index contributed by atoms with van der Waals surface area (Å²) in [6.07, 6.45) is 1.13. The van der Waals surface area contributed by atoms with Gasteiger partial charge in [-0.1, -0.05) is 17.7 Å². The van der Waals surface area contributed by atoms with E-state index in [1.165, 1.54) is 6.92 Å². The molecule has 0 spiro atoms. The molecule has 0 aliphatic heterocycles. The third-order valence-corrected chi connectivity index (χ3v) is 4.09. The summed E-state index contributed by atoms with van der Waals surface area (Å²) in [5.74, 6) is -0.974. The Kier molecular flexibility index (Phi) is 6.11. The van der Waals surface area contributed by atoms with Crippen LogP contribution in [0.5, 0.6) is 0 Å². The quantitative estimate of drug-likeness (QED) is 0.821. The zero-order chi connectivity index (χ0) is 16.9. The van der Waals surface area contributed by atoms with Crippen LogP contribution in [0.1, 0.15) is 24.5 Å². The second-order valence-electron chi connectivity index (χ2n) is 5.48. The van der Waals surface area contributed by atoms with Crippen molar-refractivity contribution in [2.75, 3.05) is 17.3 Å². The zero-order valence-electron chi connectivity index (χ0n) is 13.3. The zero-order valence-corrected chi connectivity index (χ0v) is 14.1. The molecule has 0 aliphatic rings. The van der Waals surface area contributed by atoms with Crippen molar-refractivity contribution in [3.8, 4) is 0 Å². The summed E-state index contributed by atoms with van der Waals surface area (Å²) in [4.78, 5) is 23.5. The van der Waals surface area contributed by atoms with Gasteiger partial charge in [-0.05, 0) is 31.9 Å². The van der Waals surface area contributed by atoms with E-state index >= 15 is 0 Å². The number of amides is 2. The van der Waals surface area contributed by atoms with Gasteiger partial charge >= 0.3 is 0 Å². The lowest BCUT2D eigenvalue weighted by Gasteiger charge is -2.18. The van der Waals surface area contributed by atoms with Crippen molar-refractivity contribution in [3.63, 3.8) is 0 Å². The number of sulfone groups is 1. The summed E-state index contributed by atoms with van der Waals surface area (Å²) in [6, 6.07) is 4.70. The van der Waals surface area contributed by atoms with Gasteiger partial charge in [0.05, 0.1) is 5.75 Å². The number of aryl methyl sites for hydroxylation is 2. The predicted octanol–water partition coefficient (Wildman–Crippen LogP) is 1.18. The smallest absolute Gasteiger partial charge is 0.246 e. The number of carbonyl (C=O) groups is 2. The highest BCUT2D eigenvalue weighted by molar-refractivity contribution is 7.90. The molecule has 7 heteroatoms. The Morgan fingerprint density at radius 2 is 1.86 bits per heavy atom. The summed E-state index contributed by atoms with van der Waals surface area (Å²) in [5, 5.41) is 5.22. The number of nitrogens with one attached hydrogen (secondary N) is 2. The Balaban J connectivity index is 2.84. The maximum absolute atomic E-state index is 12.3. The fourth-order valence-electron chi connectivity index (χ4n) is 2.02. The highest BCUT2D eigenvalue weighted by Crippen LogP contribution is 2.16. The van der Waals surface area contributed by atoms with Crippen molar-refractivity contribution in [1.82, 2.24) is 5.32 Å². The first-order chi connectivity index (χ1) is 10.1. The minimum absolute atomic E-state index is 0.0369. The fourth-order valence-corrected chi connectivity index (χ4v) is 2.68. The molecule has 0 aromatic heterocycles. The van der Waals surface area contributed by atoms with Gasteiger partial charge in [0.25, 0.3) is 0 Å². The molecule has 0 fully saturated rings. The van der Waals surface area contributed by atoms with E-state index < -0.39 is 21.8 Å². The highest BCUT2D eigenvalue weighted by atomic mass is 32.2. The van der Waals surface area contributed by atoms with Crippen LogP contribution in [0, 0.1) is 13.8 Å². The molecule has 0 saturated carbocycles. The lowest BCUT2D eigenvalue weighted by molar-refractivity contribution is -0.125. The number of anilines is 1. The second kappa shape index (κ2) is 7.40. The third kappa shape index (κ3) is 6.26. The molecule has 0 heterocycles. The van der Waals surface area contributed by atoms with Gasteiger partial charge in [0.1, 0.15) is 15.9 Å². The standard InChI is InChI=1S/C15H22N2O4S/c1-10-5-6-13(11(2)9-10)17-15(19)14(16-12(3)18)7-8-22(4,20)21/h5-6,9,14H,7-8H2,1-4H3,(H,16,18)(H,17,19)/t14-/m1/s1. The average molecular weight is 326 g/mol. The van der Waals surface area contributed by atoms with Crippen LogP contribution in [0.15, 0.2) is 18.2 Å². The van der Waals surface area contributed by atoms with Gasteiger partial charge < -0.3 is 10.6 Å². The van der Waals surface area contributed by atoms with Gasteiger partial charge in [-0.25, -0.2) is 8.42 Å². The van der Waals surface area contributed by atoms with Gasteiger partial charge in [-0.2, -0.15) is 0 Å². The summed E-state index contributed by atoms with van der Waals surface area (Å²) >= 11 is 0. The van der Waals surface area contributed by atoms with Gasteiger partial charge in [0.2, 0.25) is 11.8 Å². The van der Waals surface area contributed by atoms with E-state index in [0.29, 0.717) is 5.69 Å². The molecule has 1 aromatic carbocycles. The largest absolute Gasteiger partial charge is 0.345 e. The van der Waals surface area contributed by atoms with E-state index in [1.807, 2.05) is 26.0 Å². The number of rotatable bonds is 6. The fraction of sp³-hybridized carbons (Fsp3) is 0.467. The van der Waals surface area contributed by atoms with Crippen LogP contribution in [0.2, 0.25) is 0 Å². The predicted molar refractivity (Wildman–Crippen MR) is 86.5 cm³/mol. The van der Waals surface area contributed by atoms with Crippen LogP contribution in [0.3, 0.4) is 0 Å². The first kappa shape index (κ1) is 18.2. The van der Waals surface area contributed by atoms with Crippen molar-refractivity contribution < 1.29 is 18.0 Å². The van der Waals surface area contributed by atoms with Crippen molar-refractivity contribution >= 4 is 27.3 Å². The molecule has 0 aliphatic carbocycles. The molecule has 122 valence electrons. The second-order valence-corrected chi connectivity index (χ2v) is 7.74. The Hall–Kier alpha value is -1.89. The monoisotopic (exact) mass is 326 g/mol. The molecule has 6 nitrogen and oxygen atoms in total. The van der Waals surface area contributed by atoms with E-state index in [9.17, 15) is 18.0 Å². The molecule has 0 saturated heterocycles.